The van der Waals surface area contributed by atoms with Crippen LogP contribution < -0.4 is 15.8 Å². The number of nitrogens with zero attached hydrogens (tertiary/aromatic N) is 1. The number of ether oxygens (including phenoxy) is 1. The Labute approximate surface area is 199 Å². The van der Waals surface area contributed by atoms with Crippen LogP contribution in [0.3, 0.4) is 0 Å². The quantitative estimate of drug-likeness (QED) is 0.382. The first kappa shape index (κ1) is 25.2. The van der Waals surface area contributed by atoms with Crippen LogP contribution in [0, 0.1) is 5.92 Å². The Morgan fingerprint density at radius 3 is 2.50 bits per heavy atom. The minimum absolute atomic E-state index is 0.0452. The van der Waals surface area contributed by atoms with Crippen molar-refractivity contribution in [3.63, 3.8) is 0 Å². The van der Waals surface area contributed by atoms with Crippen molar-refractivity contribution < 1.29 is 23.8 Å². The van der Waals surface area contributed by atoms with E-state index in [1.54, 1.807) is 18.2 Å². The third kappa shape index (κ3) is 8.51. The minimum atomic E-state index is -0.755. The molecule has 1 aliphatic rings. The molecule has 0 unspecified atom stereocenters. The van der Waals surface area contributed by atoms with E-state index >= 15 is 0 Å². The van der Waals surface area contributed by atoms with Gasteiger partial charge in [0.2, 0.25) is 0 Å². The molecule has 4 N–H and O–H groups in total. The van der Waals surface area contributed by atoms with Gasteiger partial charge in [0, 0.05) is 6.42 Å². The van der Waals surface area contributed by atoms with Crippen LogP contribution in [-0.2, 0) is 11.2 Å². The lowest BCUT2D eigenvalue weighted by atomic mass is 9.93. The van der Waals surface area contributed by atoms with Gasteiger partial charge in [-0.15, -0.1) is 0 Å². The van der Waals surface area contributed by atoms with Gasteiger partial charge in [-0.2, -0.15) is 0 Å². The molecule has 0 radical (unpaired) electrons. The summed E-state index contributed by atoms with van der Waals surface area (Å²) >= 11 is 0. The highest BCUT2D eigenvalue weighted by Gasteiger charge is 2.12. The Hall–Kier alpha value is -3.39. The fourth-order valence-corrected chi connectivity index (χ4v) is 3.88. The maximum Gasteiger partial charge on any atom is 0.304 e. The number of nitrogens with two attached hydrogens (primary N) is 1. The lowest BCUT2D eigenvalue weighted by Gasteiger charge is -2.22. The molecule has 1 saturated heterocycles. The topological polar surface area (TPSA) is 128 Å². The van der Waals surface area contributed by atoms with Crippen LogP contribution >= 0.6 is 0 Å². The van der Waals surface area contributed by atoms with E-state index in [2.05, 4.69) is 10.3 Å². The number of carbonyl (C=O) groups is 2. The number of hydrogen-bond acceptors (Lipinski definition) is 6. The number of primary amides is 1. The Bertz CT molecular complexity index is 1010. The number of carbonyl (C=O) groups excluding carboxylic acids is 1. The van der Waals surface area contributed by atoms with Gasteiger partial charge in [0.1, 0.15) is 11.3 Å². The molecule has 0 spiro atoms. The molecule has 8 nitrogen and oxygen atoms in total. The van der Waals surface area contributed by atoms with Crippen LogP contribution in [0.2, 0.25) is 0 Å². The molecule has 0 atom stereocenters. The van der Waals surface area contributed by atoms with E-state index in [0.29, 0.717) is 17.5 Å². The monoisotopic (exact) mass is 467 g/mol. The van der Waals surface area contributed by atoms with Crippen molar-refractivity contribution in [1.29, 1.82) is 0 Å². The second kappa shape index (κ2) is 13.3. The average molecular weight is 468 g/mol. The maximum absolute atomic E-state index is 10.6. The van der Waals surface area contributed by atoms with E-state index < -0.39 is 11.9 Å². The molecule has 8 heteroatoms. The summed E-state index contributed by atoms with van der Waals surface area (Å²) in [5.74, 6) is 0.326. The molecule has 2 aromatic carbocycles. The van der Waals surface area contributed by atoms with Gasteiger partial charge in [0.15, 0.2) is 5.58 Å². The lowest BCUT2D eigenvalue weighted by Crippen LogP contribution is -2.27. The Morgan fingerprint density at radius 2 is 1.82 bits per heavy atom. The summed E-state index contributed by atoms with van der Waals surface area (Å²) in [5.41, 5.74) is 7.24. The van der Waals surface area contributed by atoms with Crippen molar-refractivity contribution in [3.8, 4) is 5.75 Å². The molecule has 1 amide bonds. The van der Waals surface area contributed by atoms with E-state index in [9.17, 15) is 9.59 Å². The van der Waals surface area contributed by atoms with E-state index in [1.807, 2.05) is 30.3 Å². The summed E-state index contributed by atoms with van der Waals surface area (Å²) in [6.45, 7) is 3.12. The third-order valence-corrected chi connectivity index (χ3v) is 5.79. The third-order valence-electron chi connectivity index (χ3n) is 5.79. The summed E-state index contributed by atoms with van der Waals surface area (Å²) in [5, 5.41) is 12.1. The summed E-state index contributed by atoms with van der Waals surface area (Å²) in [6, 6.07) is 14.9. The number of unbranched alkanes of at least 4 members (excludes halogenated alkanes) is 1. The molecular weight excluding hydrogens is 434 g/mol. The van der Waals surface area contributed by atoms with Gasteiger partial charge < -0.3 is 25.3 Å². The number of hydrogen-bond donors (Lipinski definition) is 3. The number of aryl methyl sites for hydroxylation is 1. The van der Waals surface area contributed by atoms with Crippen molar-refractivity contribution in [2.45, 2.75) is 44.9 Å². The van der Waals surface area contributed by atoms with Crippen LogP contribution in [0.25, 0.3) is 11.1 Å². The van der Waals surface area contributed by atoms with Crippen LogP contribution in [0.15, 0.2) is 52.9 Å². The number of amides is 1. The number of oxazole rings is 1. The standard InChI is InChI=1S/C18H27NO3.C8H6N2O2/c20-18(21)9-6-16-4-7-17(8-5-16)22-14-2-1-3-15-10-12-19-13-11-15;9-7(11)8-10-5-3-1-2-4-6(5)12-8/h4-5,7-8,15,19H,1-3,6,9-14H2,(H,20,21);1-4H,(H2,9,11). The van der Waals surface area contributed by atoms with E-state index in [-0.39, 0.29) is 12.3 Å². The molecule has 4 rings (SSSR count). The smallest absolute Gasteiger partial charge is 0.304 e. The van der Waals surface area contributed by atoms with Crippen LogP contribution in [0.5, 0.6) is 5.75 Å². The van der Waals surface area contributed by atoms with Crippen LogP contribution in [0.1, 0.15) is 54.8 Å². The van der Waals surface area contributed by atoms with Gasteiger partial charge in [-0.1, -0.05) is 30.7 Å². The zero-order valence-electron chi connectivity index (χ0n) is 19.4. The van der Waals surface area contributed by atoms with Gasteiger partial charge >= 0.3 is 11.9 Å². The van der Waals surface area contributed by atoms with Crippen LogP contribution in [-0.4, -0.2) is 41.7 Å². The molecular formula is C26H33N3O5. The van der Waals surface area contributed by atoms with Crippen molar-refractivity contribution in [2.75, 3.05) is 19.7 Å². The number of para-hydroxylation sites is 2. The molecule has 3 aromatic rings. The van der Waals surface area contributed by atoms with E-state index in [1.165, 1.54) is 38.8 Å². The molecule has 0 bridgehead atoms. The number of piperidine rings is 1. The normalized spacial score (nSPS) is 13.8. The zero-order valence-corrected chi connectivity index (χ0v) is 19.4. The number of nitrogens with one attached hydrogen (secondary N) is 1. The van der Waals surface area contributed by atoms with Crippen molar-refractivity contribution in [1.82, 2.24) is 10.3 Å². The Balaban J connectivity index is 0.000000226. The number of aliphatic carboxylic acids is 1. The van der Waals surface area contributed by atoms with Gasteiger partial charge in [0.05, 0.1) is 6.61 Å². The van der Waals surface area contributed by atoms with Gasteiger partial charge in [-0.05, 0) is 80.9 Å². The van der Waals surface area contributed by atoms with Gasteiger partial charge in [0.25, 0.3) is 5.89 Å². The predicted octanol–water partition coefficient (Wildman–Crippen LogP) is 4.18. The molecule has 2 heterocycles. The number of rotatable bonds is 10. The summed E-state index contributed by atoms with van der Waals surface area (Å²) < 4.78 is 10.8. The van der Waals surface area contributed by atoms with E-state index in [0.717, 1.165) is 30.3 Å². The predicted molar refractivity (Wildman–Crippen MR) is 130 cm³/mol. The largest absolute Gasteiger partial charge is 0.494 e. The highest BCUT2D eigenvalue weighted by Crippen LogP contribution is 2.19. The first-order valence-corrected chi connectivity index (χ1v) is 11.8. The first-order chi connectivity index (χ1) is 16.5. The maximum atomic E-state index is 10.6. The summed E-state index contributed by atoms with van der Waals surface area (Å²) in [6.07, 6.45) is 7.05. The molecule has 34 heavy (non-hydrogen) atoms. The molecule has 1 aromatic heterocycles. The van der Waals surface area contributed by atoms with Crippen molar-refractivity contribution in [3.05, 3.63) is 60.0 Å². The van der Waals surface area contributed by atoms with Crippen LogP contribution in [0.4, 0.5) is 0 Å². The molecule has 1 fully saturated rings. The number of fused-ring (bicyclic) bond motifs is 1. The molecule has 182 valence electrons. The number of carboxylic acids is 1. The molecule has 1 aliphatic heterocycles. The number of benzene rings is 2. The Morgan fingerprint density at radius 1 is 1.09 bits per heavy atom. The Kier molecular flexibility index (Phi) is 9.91. The second-order valence-electron chi connectivity index (χ2n) is 8.43. The van der Waals surface area contributed by atoms with E-state index in [4.69, 9.17) is 20.0 Å². The van der Waals surface area contributed by atoms with Gasteiger partial charge in [-0.3, -0.25) is 9.59 Å². The molecule has 0 saturated carbocycles. The first-order valence-electron chi connectivity index (χ1n) is 11.8. The number of carboxylic acid groups (broad SMARTS) is 1. The fraction of sp³-hybridized carbons (Fsp3) is 0.423. The highest BCUT2D eigenvalue weighted by molar-refractivity contribution is 5.90. The van der Waals surface area contributed by atoms with Crippen molar-refractivity contribution >= 4 is 23.0 Å². The average Bonchev–Trinajstić information content (AvgIpc) is 3.29. The highest BCUT2D eigenvalue weighted by atomic mass is 16.5. The SMILES string of the molecule is NC(=O)c1nc2ccccc2o1.O=C(O)CCc1ccc(OCCCCC2CCNCC2)cc1. The fourth-order valence-electron chi connectivity index (χ4n) is 3.88. The minimum Gasteiger partial charge on any atom is -0.494 e. The molecule has 0 aliphatic carbocycles. The van der Waals surface area contributed by atoms with Gasteiger partial charge in [-0.25, -0.2) is 4.98 Å². The summed E-state index contributed by atoms with van der Waals surface area (Å²) in [4.78, 5) is 25.0. The second-order valence-corrected chi connectivity index (χ2v) is 8.43. The summed E-state index contributed by atoms with van der Waals surface area (Å²) in [7, 11) is 0. The zero-order chi connectivity index (χ0) is 24.2. The lowest BCUT2D eigenvalue weighted by molar-refractivity contribution is -0.136. The van der Waals surface area contributed by atoms with Crippen molar-refractivity contribution in [2.24, 2.45) is 11.7 Å². The number of aromatic nitrogens is 1.